The van der Waals surface area contributed by atoms with Gasteiger partial charge in [-0.1, -0.05) is 13.0 Å². The first-order valence-electron chi connectivity index (χ1n) is 6.91. The van der Waals surface area contributed by atoms with Crippen molar-refractivity contribution < 1.29 is 4.74 Å². The van der Waals surface area contributed by atoms with Crippen LogP contribution in [0.2, 0.25) is 0 Å². The summed E-state index contributed by atoms with van der Waals surface area (Å²) in [5.74, 6) is 0.888. The molecule has 0 saturated carbocycles. The third-order valence-electron chi connectivity index (χ3n) is 3.33. The van der Waals surface area contributed by atoms with Crippen molar-refractivity contribution in [2.75, 3.05) is 13.7 Å². The molecule has 5 nitrogen and oxygen atoms in total. The lowest BCUT2D eigenvalue weighted by Crippen LogP contribution is -2.25. The quantitative estimate of drug-likeness (QED) is 0.849. The lowest BCUT2D eigenvalue weighted by atomic mass is 9.96. The van der Waals surface area contributed by atoms with E-state index in [9.17, 15) is 0 Å². The van der Waals surface area contributed by atoms with Gasteiger partial charge < -0.3 is 10.1 Å². The molecule has 20 heavy (non-hydrogen) atoms. The van der Waals surface area contributed by atoms with E-state index in [1.807, 2.05) is 0 Å². The Kier molecular flexibility index (Phi) is 4.74. The molecule has 0 radical (unpaired) electrons. The molecule has 2 aromatic rings. The van der Waals surface area contributed by atoms with Crippen LogP contribution in [0.4, 0.5) is 0 Å². The van der Waals surface area contributed by atoms with Crippen LogP contribution in [0.5, 0.6) is 5.75 Å². The van der Waals surface area contributed by atoms with E-state index < -0.39 is 0 Å². The molecule has 0 aliphatic heterocycles. The topological polar surface area (TPSA) is 62.8 Å². The third-order valence-corrected chi connectivity index (χ3v) is 3.33. The van der Waals surface area contributed by atoms with E-state index in [1.165, 1.54) is 11.1 Å². The maximum atomic E-state index is 5.57. The van der Waals surface area contributed by atoms with E-state index in [0.717, 1.165) is 30.0 Å². The second kappa shape index (κ2) is 6.52. The second-order valence-corrected chi connectivity index (χ2v) is 4.98. The lowest BCUT2D eigenvalue weighted by molar-refractivity contribution is 0.402. The third kappa shape index (κ3) is 2.99. The summed E-state index contributed by atoms with van der Waals surface area (Å²) in [4.78, 5) is 0. The van der Waals surface area contributed by atoms with E-state index >= 15 is 0 Å². The van der Waals surface area contributed by atoms with Gasteiger partial charge in [0.2, 0.25) is 0 Å². The summed E-state index contributed by atoms with van der Waals surface area (Å²) in [6, 6.07) is 4.21. The van der Waals surface area contributed by atoms with Gasteiger partial charge in [0.15, 0.2) is 0 Å². The van der Waals surface area contributed by atoms with Crippen molar-refractivity contribution in [2.24, 2.45) is 0 Å². The molecule has 1 heterocycles. The lowest BCUT2D eigenvalue weighted by Gasteiger charge is -2.22. The van der Waals surface area contributed by atoms with Gasteiger partial charge in [0.1, 0.15) is 11.4 Å². The standard InChI is InChI=1S/C15H22N4O/c1-5-6-16-15(12-9-17-19-18-12)14-11(3)7-10(2)8-13(14)20-4/h7-9,15-16H,5-6H2,1-4H3,(H,17,18,19). The molecule has 0 aliphatic rings. The van der Waals surface area contributed by atoms with Gasteiger partial charge >= 0.3 is 0 Å². The zero-order valence-corrected chi connectivity index (χ0v) is 12.5. The molecule has 0 spiro atoms. The average molecular weight is 274 g/mol. The number of rotatable bonds is 6. The van der Waals surface area contributed by atoms with Crippen LogP contribution in [0, 0.1) is 13.8 Å². The van der Waals surface area contributed by atoms with Gasteiger partial charge in [0.05, 0.1) is 19.3 Å². The fourth-order valence-corrected chi connectivity index (χ4v) is 2.47. The highest BCUT2D eigenvalue weighted by Gasteiger charge is 2.22. The van der Waals surface area contributed by atoms with Gasteiger partial charge in [-0.2, -0.15) is 15.4 Å². The summed E-state index contributed by atoms with van der Waals surface area (Å²) in [5.41, 5.74) is 4.39. The highest BCUT2D eigenvalue weighted by atomic mass is 16.5. The Morgan fingerprint density at radius 3 is 2.75 bits per heavy atom. The van der Waals surface area contributed by atoms with E-state index in [2.05, 4.69) is 53.6 Å². The second-order valence-electron chi connectivity index (χ2n) is 4.98. The van der Waals surface area contributed by atoms with Crippen molar-refractivity contribution in [1.29, 1.82) is 0 Å². The Hall–Kier alpha value is -1.88. The fraction of sp³-hybridized carbons (Fsp3) is 0.467. The molecular formula is C15H22N4O. The SMILES string of the molecule is CCCNC(c1cn[nH]n1)c1c(C)cc(C)cc1OC. The Morgan fingerprint density at radius 1 is 1.35 bits per heavy atom. The van der Waals surface area contributed by atoms with Crippen molar-refractivity contribution in [3.63, 3.8) is 0 Å². The molecule has 0 saturated heterocycles. The normalized spacial score (nSPS) is 12.4. The Morgan fingerprint density at radius 2 is 2.15 bits per heavy atom. The summed E-state index contributed by atoms with van der Waals surface area (Å²) >= 11 is 0. The highest BCUT2D eigenvalue weighted by molar-refractivity contribution is 5.47. The maximum absolute atomic E-state index is 5.57. The summed E-state index contributed by atoms with van der Waals surface area (Å²) in [6.45, 7) is 7.23. The van der Waals surface area contributed by atoms with Gasteiger partial charge in [-0.15, -0.1) is 0 Å². The van der Waals surface area contributed by atoms with Crippen molar-refractivity contribution in [3.8, 4) is 5.75 Å². The molecule has 1 unspecified atom stereocenters. The Balaban J connectivity index is 2.48. The van der Waals surface area contributed by atoms with Crippen LogP contribution in [-0.2, 0) is 0 Å². The van der Waals surface area contributed by atoms with Gasteiger partial charge in [-0.3, -0.25) is 0 Å². The molecule has 5 heteroatoms. The minimum absolute atomic E-state index is 0.00995. The van der Waals surface area contributed by atoms with Crippen molar-refractivity contribution in [1.82, 2.24) is 20.7 Å². The average Bonchev–Trinajstić information content (AvgIpc) is 2.94. The van der Waals surface area contributed by atoms with Crippen LogP contribution in [-0.4, -0.2) is 29.1 Å². The molecule has 2 N–H and O–H groups in total. The number of nitrogens with zero attached hydrogens (tertiary/aromatic N) is 2. The molecular weight excluding hydrogens is 252 g/mol. The smallest absolute Gasteiger partial charge is 0.124 e. The van der Waals surface area contributed by atoms with Crippen LogP contribution in [0.15, 0.2) is 18.3 Å². The zero-order valence-electron chi connectivity index (χ0n) is 12.5. The number of hydrogen-bond acceptors (Lipinski definition) is 4. The minimum atomic E-state index is -0.00995. The highest BCUT2D eigenvalue weighted by Crippen LogP contribution is 2.33. The van der Waals surface area contributed by atoms with Gasteiger partial charge in [-0.05, 0) is 44.0 Å². The maximum Gasteiger partial charge on any atom is 0.124 e. The van der Waals surface area contributed by atoms with E-state index in [0.29, 0.717) is 0 Å². The number of methoxy groups -OCH3 is 1. The molecule has 0 amide bonds. The Bertz CT molecular complexity index is 551. The molecule has 108 valence electrons. The van der Waals surface area contributed by atoms with Crippen LogP contribution >= 0.6 is 0 Å². The number of hydrogen-bond donors (Lipinski definition) is 2. The summed E-state index contributed by atoms with van der Waals surface area (Å²) in [7, 11) is 1.71. The predicted molar refractivity (Wildman–Crippen MR) is 79.0 cm³/mol. The first-order valence-corrected chi connectivity index (χ1v) is 6.91. The predicted octanol–water partition coefficient (Wildman–Crippen LogP) is 2.52. The Labute approximate surface area is 119 Å². The molecule has 0 fully saturated rings. The number of aryl methyl sites for hydroxylation is 2. The molecule has 1 atom stereocenters. The fourth-order valence-electron chi connectivity index (χ4n) is 2.47. The number of aromatic amines is 1. The van der Waals surface area contributed by atoms with Crippen LogP contribution < -0.4 is 10.1 Å². The van der Waals surface area contributed by atoms with Crippen LogP contribution in [0.3, 0.4) is 0 Å². The van der Waals surface area contributed by atoms with Crippen LogP contribution in [0.1, 0.15) is 41.8 Å². The number of ether oxygens (including phenoxy) is 1. The molecule has 0 bridgehead atoms. The van der Waals surface area contributed by atoms with Crippen molar-refractivity contribution >= 4 is 0 Å². The van der Waals surface area contributed by atoms with E-state index in [1.54, 1.807) is 13.3 Å². The van der Waals surface area contributed by atoms with Gasteiger partial charge in [0.25, 0.3) is 0 Å². The van der Waals surface area contributed by atoms with Crippen molar-refractivity contribution in [3.05, 3.63) is 40.7 Å². The minimum Gasteiger partial charge on any atom is -0.496 e. The monoisotopic (exact) mass is 274 g/mol. The summed E-state index contributed by atoms with van der Waals surface area (Å²) in [5, 5.41) is 14.4. The molecule has 1 aromatic heterocycles. The zero-order chi connectivity index (χ0) is 14.5. The first-order chi connectivity index (χ1) is 9.67. The summed E-state index contributed by atoms with van der Waals surface area (Å²) in [6.07, 6.45) is 2.81. The van der Waals surface area contributed by atoms with E-state index in [-0.39, 0.29) is 6.04 Å². The number of benzene rings is 1. The number of aromatic nitrogens is 3. The number of H-pyrrole nitrogens is 1. The largest absolute Gasteiger partial charge is 0.496 e. The van der Waals surface area contributed by atoms with Gasteiger partial charge in [0, 0.05) is 5.56 Å². The molecule has 0 aliphatic carbocycles. The van der Waals surface area contributed by atoms with E-state index in [4.69, 9.17) is 4.74 Å². The first kappa shape index (κ1) is 14.5. The van der Waals surface area contributed by atoms with Crippen LogP contribution in [0.25, 0.3) is 0 Å². The summed E-state index contributed by atoms with van der Waals surface area (Å²) < 4.78 is 5.57. The van der Waals surface area contributed by atoms with Crippen molar-refractivity contribution in [2.45, 2.75) is 33.2 Å². The number of nitrogens with one attached hydrogen (secondary N) is 2. The van der Waals surface area contributed by atoms with Gasteiger partial charge in [-0.25, -0.2) is 0 Å². The molecule has 2 rings (SSSR count). The molecule has 1 aromatic carbocycles.